The molecule has 0 bridgehead atoms. The minimum absolute atomic E-state index is 0.0969. The molecule has 0 saturated carbocycles. The first-order chi connectivity index (χ1) is 6.36. The Morgan fingerprint density at radius 2 is 2.46 bits per heavy atom. The van der Waals surface area contributed by atoms with Gasteiger partial charge in [-0.1, -0.05) is 6.07 Å². The molecular formula is C10H11NOS. The SMILES string of the molecule is O=C1NCCC/C1=C\c1cccs1. The second-order valence-electron chi connectivity index (χ2n) is 3.04. The van der Waals surface area contributed by atoms with Crippen molar-refractivity contribution in [2.24, 2.45) is 0 Å². The van der Waals surface area contributed by atoms with Crippen molar-refractivity contribution in [1.29, 1.82) is 0 Å². The zero-order valence-electron chi connectivity index (χ0n) is 7.25. The number of amides is 1. The molecule has 2 heterocycles. The van der Waals surface area contributed by atoms with Crippen molar-refractivity contribution >= 4 is 23.3 Å². The maximum atomic E-state index is 11.3. The molecule has 2 rings (SSSR count). The van der Waals surface area contributed by atoms with Crippen LogP contribution in [0.4, 0.5) is 0 Å². The van der Waals surface area contributed by atoms with Crippen LogP contribution in [0.15, 0.2) is 23.1 Å². The molecule has 0 aliphatic carbocycles. The Balaban J connectivity index is 2.19. The van der Waals surface area contributed by atoms with E-state index in [0.717, 1.165) is 29.8 Å². The van der Waals surface area contributed by atoms with Gasteiger partial charge in [0.05, 0.1) is 0 Å². The van der Waals surface area contributed by atoms with E-state index in [-0.39, 0.29) is 5.91 Å². The van der Waals surface area contributed by atoms with E-state index in [1.54, 1.807) is 11.3 Å². The van der Waals surface area contributed by atoms with Crippen molar-refractivity contribution in [3.63, 3.8) is 0 Å². The molecule has 1 aliphatic rings. The maximum Gasteiger partial charge on any atom is 0.247 e. The average molecular weight is 193 g/mol. The predicted molar refractivity (Wildman–Crippen MR) is 54.5 cm³/mol. The standard InChI is InChI=1S/C10H11NOS/c12-10-8(3-1-5-11-10)7-9-4-2-6-13-9/h2,4,6-7H,1,3,5H2,(H,11,12)/b8-7+. The molecule has 1 saturated heterocycles. The third-order valence-corrected chi connectivity index (χ3v) is 2.88. The first kappa shape index (κ1) is 8.51. The van der Waals surface area contributed by atoms with Gasteiger partial charge in [-0.05, 0) is 30.4 Å². The first-order valence-corrected chi connectivity index (χ1v) is 5.26. The fraction of sp³-hybridized carbons (Fsp3) is 0.300. The van der Waals surface area contributed by atoms with Gasteiger partial charge in [0.1, 0.15) is 0 Å². The summed E-state index contributed by atoms with van der Waals surface area (Å²) in [7, 11) is 0. The van der Waals surface area contributed by atoms with Gasteiger partial charge in [0.25, 0.3) is 0 Å². The van der Waals surface area contributed by atoms with Crippen LogP contribution in [0, 0.1) is 0 Å². The second-order valence-corrected chi connectivity index (χ2v) is 4.02. The number of hydrogen-bond donors (Lipinski definition) is 1. The summed E-state index contributed by atoms with van der Waals surface area (Å²) in [6.07, 6.45) is 3.95. The Morgan fingerprint density at radius 3 is 3.15 bits per heavy atom. The molecule has 13 heavy (non-hydrogen) atoms. The van der Waals surface area contributed by atoms with Crippen molar-refractivity contribution in [3.05, 3.63) is 28.0 Å². The minimum Gasteiger partial charge on any atom is -0.352 e. The molecule has 1 fully saturated rings. The summed E-state index contributed by atoms with van der Waals surface area (Å²) in [6.45, 7) is 0.820. The molecule has 1 aromatic rings. The number of hydrogen-bond acceptors (Lipinski definition) is 2. The molecule has 3 heteroatoms. The van der Waals surface area contributed by atoms with Gasteiger partial charge in [-0.15, -0.1) is 11.3 Å². The van der Waals surface area contributed by atoms with Crippen LogP contribution in [0.1, 0.15) is 17.7 Å². The van der Waals surface area contributed by atoms with Crippen LogP contribution in [-0.4, -0.2) is 12.5 Å². The summed E-state index contributed by atoms with van der Waals surface area (Å²) in [5.74, 6) is 0.0969. The van der Waals surface area contributed by atoms with Gasteiger partial charge >= 0.3 is 0 Å². The summed E-state index contributed by atoms with van der Waals surface area (Å²) in [5.41, 5.74) is 0.911. The summed E-state index contributed by atoms with van der Waals surface area (Å²) in [6, 6.07) is 4.03. The third-order valence-electron chi connectivity index (χ3n) is 2.06. The van der Waals surface area contributed by atoms with Crippen molar-refractivity contribution in [2.45, 2.75) is 12.8 Å². The highest BCUT2D eigenvalue weighted by atomic mass is 32.1. The Kier molecular flexibility index (Phi) is 2.45. The van der Waals surface area contributed by atoms with Crippen LogP contribution in [0.25, 0.3) is 6.08 Å². The van der Waals surface area contributed by atoms with E-state index in [2.05, 4.69) is 5.32 Å². The Morgan fingerprint density at radius 1 is 1.54 bits per heavy atom. The zero-order valence-corrected chi connectivity index (χ0v) is 8.06. The quantitative estimate of drug-likeness (QED) is 0.679. The van der Waals surface area contributed by atoms with Gasteiger partial charge in [-0.25, -0.2) is 0 Å². The highest BCUT2D eigenvalue weighted by molar-refractivity contribution is 7.10. The molecule has 1 aromatic heterocycles. The van der Waals surface area contributed by atoms with Gasteiger partial charge in [-0.2, -0.15) is 0 Å². The van der Waals surface area contributed by atoms with Crippen LogP contribution in [0.2, 0.25) is 0 Å². The Hall–Kier alpha value is -1.09. The predicted octanol–water partition coefficient (Wildman–Crippen LogP) is 2.04. The van der Waals surface area contributed by atoms with Gasteiger partial charge in [0, 0.05) is 17.0 Å². The van der Waals surface area contributed by atoms with E-state index < -0.39 is 0 Å². The largest absolute Gasteiger partial charge is 0.352 e. The van der Waals surface area contributed by atoms with E-state index in [1.807, 2.05) is 23.6 Å². The molecule has 0 unspecified atom stereocenters. The van der Waals surface area contributed by atoms with Crippen LogP contribution in [-0.2, 0) is 4.79 Å². The summed E-state index contributed by atoms with van der Waals surface area (Å²) in [4.78, 5) is 12.5. The topological polar surface area (TPSA) is 29.1 Å². The minimum atomic E-state index is 0.0969. The first-order valence-electron chi connectivity index (χ1n) is 4.38. The molecule has 1 N–H and O–H groups in total. The Labute approximate surface area is 81.3 Å². The Bertz CT molecular complexity index is 327. The van der Waals surface area contributed by atoms with Gasteiger partial charge < -0.3 is 5.32 Å². The highest BCUT2D eigenvalue weighted by Gasteiger charge is 2.13. The van der Waals surface area contributed by atoms with Crippen LogP contribution in [0.5, 0.6) is 0 Å². The summed E-state index contributed by atoms with van der Waals surface area (Å²) < 4.78 is 0. The monoisotopic (exact) mass is 193 g/mol. The normalized spacial score (nSPS) is 20.3. The zero-order chi connectivity index (χ0) is 9.10. The van der Waals surface area contributed by atoms with E-state index in [4.69, 9.17) is 0 Å². The van der Waals surface area contributed by atoms with Crippen LogP contribution >= 0.6 is 11.3 Å². The number of carbonyl (C=O) groups is 1. The molecule has 1 aliphatic heterocycles. The van der Waals surface area contributed by atoms with Gasteiger partial charge in [0.2, 0.25) is 5.91 Å². The second kappa shape index (κ2) is 3.75. The fourth-order valence-electron chi connectivity index (χ4n) is 1.39. The van der Waals surface area contributed by atoms with Crippen LogP contribution < -0.4 is 5.32 Å². The summed E-state index contributed by atoms with van der Waals surface area (Å²) in [5, 5.41) is 4.86. The molecule has 68 valence electrons. The van der Waals surface area contributed by atoms with Crippen molar-refractivity contribution in [1.82, 2.24) is 5.32 Å². The lowest BCUT2D eigenvalue weighted by atomic mass is 10.1. The lowest BCUT2D eigenvalue weighted by molar-refractivity contribution is -0.118. The van der Waals surface area contributed by atoms with Gasteiger partial charge in [-0.3, -0.25) is 4.79 Å². The van der Waals surface area contributed by atoms with E-state index >= 15 is 0 Å². The van der Waals surface area contributed by atoms with Gasteiger partial charge in [0.15, 0.2) is 0 Å². The molecule has 0 spiro atoms. The molecule has 0 atom stereocenters. The number of nitrogens with one attached hydrogen (secondary N) is 1. The number of rotatable bonds is 1. The summed E-state index contributed by atoms with van der Waals surface area (Å²) >= 11 is 1.66. The van der Waals surface area contributed by atoms with E-state index in [9.17, 15) is 4.79 Å². The van der Waals surface area contributed by atoms with E-state index in [1.165, 1.54) is 0 Å². The van der Waals surface area contributed by atoms with Crippen molar-refractivity contribution in [3.8, 4) is 0 Å². The highest BCUT2D eigenvalue weighted by Crippen LogP contribution is 2.18. The number of carbonyl (C=O) groups excluding carboxylic acids is 1. The van der Waals surface area contributed by atoms with Crippen molar-refractivity contribution < 1.29 is 4.79 Å². The van der Waals surface area contributed by atoms with E-state index in [0.29, 0.717) is 0 Å². The lowest BCUT2D eigenvalue weighted by Gasteiger charge is -2.13. The average Bonchev–Trinajstić information content (AvgIpc) is 2.61. The third kappa shape index (κ3) is 1.98. The fourth-order valence-corrected chi connectivity index (χ4v) is 2.07. The lowest BCUT2D eigenvalue weighted by Crippen LogP contribution is -2.30. The number of piperidine rings is 1. The molecule has 1 amide bonds. The maximum absolute atomic E-state index is 11.3. The molecule has 0 aromatic carbocycles. The molecule has 2 nitrogen and oxygen atoms in total. The van der Waals surface area contributed by atoms with Crippen LogP contribution in [0.3, 0.4) is 0 Å². The number of thiophene rings is 1. The van der Waals surface area contributed by atoms with Crippen molar-refractivity contribution in [2.75, 3.05) is 6.54 Å². The molecule has 0 radical (unpaired) electrons. The smallest absolute Gasteiger partial charge is 0.247 e. The molecular weight excluding hydrogens is 182 g/mol.